The Balaban J connectivity index is 2.11. The van der Waals surface area contributed by atoms with E-state index in [2.05, 4.69) is 0 Å². The molecule has 0 heterocycles. The van der Waals surface area contributed by atoms with E-state index in [1.165, 1.54) is 0 Å². The quantitative estimate of drug-likeness (QED) is 0.897. The molecule has 2 rings (SSSR count). The zero-order chi connectivity index (χ0) is 13.7. The van der Waals surface area contributed by atoms with Crippen LogP contribution >= 0.6 is 0 Å². The van der Waals surface area contributed by atoms with Crippen LogP contribution in [0.2, 0.25) is 0 Å². The molecule has 0 bridgehead atoms. The molecule has 1 unspecified atom stereocenters. The molecule has 0 aliphatic rings. The average Bonchev–Trinajstić information content (AvgIpc) is 2.41. The molecule has 0 spiro atoms. The van der Waals surface area contributed by atoms with Crippen LogP contribution in [0.25, 0.3) is 0 Å². The summed E-state index contributed by atoms with van der Waals surface area (Å²) in [6, 6.07) is 14.0. The first-order valence-corrected chi connectivity index (χ1v) is 5.77. The van der Waals surface area contributed by atoms with Gasteiger partial charge in [0.15, 0.2) is 11.5 Å². The number of hydrogen-bond acceptors (Lipinski definition) is 3. The summed E-state index contributed by atoms with van der Waals surface area (Å²) >= 11 is 0. The van der Waals surface area contributed by atoms with Gasteiger partial charge in [0.1, 0.15) is 5.75 Å². The zero-order valence-corrected chi connectivity index (χ0v) is 10.4. The third-order valence-electron chi connectivity index (χ3n) is 2.51. The number of aliphatic hydroxyl groups excluding tert-OH is 1. The van der Waals surface area contributed by atoms with Crippen molar-refractivity contribution in [3.8, 4) is 17.2 Å². The third kappa shape index (κ3) is 3.69. The Morgan fingerprint density at radius 1 is 1.05 bits per heavy atom. The lowest BCUT2D eigenvalue weighted by molar-refractivity contribution is 0.0760. The van der Waals surface area contributed by atoms with Gasteiger partial charge in [-0.25, -0.2) is 4.39 Å². The maximum atomic E-state index is 12.4. The van der Waals surface area contributed by atoms with Crippen LogP contribution in [0.1, 0.15) is 5.56 Å². The lowest BCUT2D eigenvalue weighted by atomic mass is 10.1. The molecule has 1 atom stereocenters. The van der Waals surface area contributed by atoms with E-state index in [4.69, 9.17) is 14.6 Å². The van der Waals surface area contributed by atoms with Crippen LogP contribution in [0.4, 0.5) is 4.39 Å². The Morgan fingerprint density at radius 3 is 2.26 bits per heavy atom. The van der Waals surface area contributed by atoms with E-state index in [9.17, 15) is 4.39 Å². The van der Waals surface area contributed by atoms with Gasteiger partial charge in [0.25, 0.3) is 0 Å². The topological polar surface area (TPSA) is 38.7 Å². The number of methoxy groups -OCH3 is 1. The lowest BCUT2D eigenvalue weighted by Gasteiger charge is -2.10. The highest BCUT2D eigenvalue weighted by Crippen LogP contribution is 2.30. The molecular formula is C15H14FO3. The van der Waals surface area contributed by atoms with Gasteiger partial charge in [0, 0.05) is 0 Å². The Hall–Kier alpha value is -2.07. The second-order valence-electron chi connectivity index (χ2n) is 3.86. The van der Waals surface area contributed by atoms with Gasteiger partial charge in [0.05, 0.1) is 13.5 Å². The summed E-state index contributed by atoms with van der Waals surface area (Å²) in [5.74, 6) is 1.85. The molecule has 3 nitrogen and oxygen atoms in total. The molecule has 0 fully saturated rings. The molecule has 0 aliphatic carbocycles. The second kappa shape index (κ2) is 6.20. The fourth-order valence-corrected chi connectivity index (χ4v) is 1.64. The summed E-state index contributed by atoms with van der Waals surface area (Å²) in [7, 11) is 1.57. The van der Waals surface area contributed by atoms with E-state index in [-0.39, 0.29) is 0 Å². The van der Waals surface area contributed by atoms with Crippen molar-refractivity contribution < 1.29 is 19.0 Å². The molecule has 2 aromatic carbocycles. The summed E-state index contributed by atoms with van der Waals surface area (Å²) in [5, 5.41) is 8.61. The third-order valence-corrected chi connectivity index (χ3v) is 2.51. The fraction of sp³-hybridized carbons (Fsp3) is 0.133. The molecule has 0 saturated carbocycles. The van der Waals surface area contributed by atoms with Gasteiger partial charge in [0.2, 0.25) is 6.36 Å². The van der Waals surface area contributed by atoms with E-state index in [1.54, 1.807) is 43.5 Å². The SMILES string of the molecule is COc1ccccc1Oc1ccc([CH]C(O)F)cc1. The van der Waals surface area contributed by atoms with Gasteiger partial charge in [-0.05, 0) is 29.8 Å². The Morgan fingerprint density at radius 2 is 1.68 bits per heavy atom. The van der Waals surface area contributed by atoms with E-state index in [0.29, 0.717) is 22.8 Å². The lowest BCUT2D eigenvalue weighted by Crippen LogP contribution is -1.98. The molecule has 0 aliphatic heterocycles. The van der Waals surface area contributed by atoms with Crippen molar-refractivity contribution in [2.75, 3.05) is 7.11 Å². The van der Waals surface area contributed by atoms with Gasteiger partial charge in [-0.15, -0.1) is 0 Å². The molecule has 99 valence electrons. The highest BCUT2D eigenvalue weighted by molar-refractivity contribution is 5.43. The van der Waals surface area contributed by atoms with Crippen LogP contribution < -0.4 is 9.47 Å². The zero-order valence-electron chi connectivity index (χ0n) is 10.4. The molecule has 1 radical (unpaired) electrons. The Bertz CT molecular complexity index is 523. The van der Waals surface area contributed by atoms with Crippen LogP contribution in [0.15, 0.2) is 48.5 Å². The van der Waals surface area contributed by atoms with Crippen molar-refractivity contribution >= 4 is 0 Å². The van der Waals surface area contributed by atoms with Crippen molar-refractivity contribution in [3.05, 3.63) is 60.5 Å². The summed E-state index contributed by atoms with van der Waals surface area (Å²) < 4.78 is 23.2. The fourth-order valence-electron chi connectivity index (χ4n) is 1.64. The van der Waals surface area contributed by atoms with Crippen molar-refractivity contribution in [2.45, 2.75) is 6.36 Å². The molecule has 0 aromatic heterocycles. The van der Waals surface area contributed by atoms with Crippen LogP contribution in [0, 0.1) is 6.42 Å². The molecule has 0 saturated heterocycles. The highest BCUT2D eigenvalue weighted by Gasteiger charge is 2.06. The molecular weight excluding hydrogens is 247 g/mol. The smallest absolute Gasteiger partial charge is 0.204 e. The molecule has 4 heteroatoms. The molecule has 19 heavy (non-hydrogen) atoms. The average molecular weight is 261 g/mol. The number of alkyl halides is 1. The highest BCUT2D eigenvalue weighted by atomic mass is 19.1. The minimum Gasteiger partial charge on any atom is -0.493 e. The van der Waals surface area contributed by atoms with E-state index in [0.717, 1.165) is 6.42 Å². The first-order chi connectivity index (χ1) is 9.19. The van der Waals surface area contributed by atoms with Gasteiger partial charge in [-0.1, -0.05) is 24.3 Å². The minimum absolute atomic E-state index is 0.586. The standard InChI is InChI=1S/C15H14FO3/c1-18-13-4-2-3-5-14(13)19-12-8-6-11(7-9-12)10-15(16)17/h2-10,15,17H,1H3. The van der Waals surface area contributed by atoms with Crippen LogP contribution in [0.5, 0.6) is 17.2 Å². The normalized spacial score (nSPS) is 11.9. The number of rotatable bonds is 5. The number of benzene rings is 2. The first-order valence-electron chi connectivity index (χ1n) is 5.77. The van der Waals surface area contributed by atoms with Gasteiger partial charge >= 0.3 is 0 Å². The van der Waals surface area contributed by atoms with Crippen LogP contribution in [-0.2, 0) is 0 Å². The summed E-state index contributed by atoms with van der Waals surface area (Å²) in [6.07, 6.45) is -0.853. The number of para-hydroxylation sites is 2. The number of hydrogen-bond donors (Lipinski definition) is 1. The van der Waals surface area contributed by atoms with Crippen LogP contribution in [0.3, 0.4) is 0 Å². The molecule has 0 amide bonds. The maximum absolute atomic E-state index is 12.4. The van der Waals surface area contributed by atoms with Crippen molar-refractivity contribution in [1.29, 1.82) is 0 Å². The first kappa shape index (κ1) is 13.4. The maximum Gasteiger partial charge on any atom is 0.204 e. The minimum atomic E-state index is -1.96. The van der Waals surface area contributed by atoms with Crippen molar-refractivity contribution in [3.63, 3.8) is 0 Å². The predicted molar refractivity (Wildman–Crippen MR) is 70.0 cm³/mol. The predicted octanol–water partition coefficient (Wildman–Crippen LogP) is 3.33. The van der Waals surface area contributed by atoms with E-state index < -0.39 is 6.36 Å². The largest absolute Gasteiger partial charge is 0.493 e. The summed E-state index contributed by atoms with van der Waals surface area (Å²) in [4.78, 5) is 0. The van der Waals surface area contributed by atoms with E-state index >= 15 is 0 Å². The molecule has 1 N–H and O–H groups in total. The Kier molecular flexibility index (Phi) is 4.36. The second-order valence-corrected chi connectivity index (χ2v) is 3.86. The number of aliphatic hydroxyl groups is 1. The van der Waals surface area contributed by atoms with Gasteiger partial charge in [-0.3, -0.25) is 0 Å². The van der Waals surface area contributed by atoms with E-state index in [1.807, 2.05) is 12.1 Å². The van der Waals surface area contributed by atoms with Gasteiger partial charge in [-0.2, -0.15) is 0 Å². The summed E-state index contributed by atoms with van der Waals surface area (Å²) in [6.45, 7) is 0. The number of halogens is 1. The van der Waals surface area contributed by atoms with Crippen molar-refractivity contribution in [1.82, 2.24) is 0 Å². The van der Waals surface area contributed by atoms with Crippen LogP contribution in [-0.4, -0.2) is 18.6 Å². The summed E-state index contributed by atoms with van der Waals surface area (Å²) in [5.41, 5.74) is 0.586. The monoisotopic (exact) mass is 261 g/mol. The Labute approximate surface area is 111 Å². The van der Waals surface area contributed by atoms with Gasteiger partial charge < -0.3 is 14.6 Å². The number of ether oxygens (including phenoxy) is 2. The van der Waals surface area contributed by atoms with Crippen molar-refractivity contribution in [2.24, 2.45) is 0 Å². The molecule has 2 aromatic rings.